The topological polar surface area (TPSA) is 42.7 Å². The lowest BCUT2D eigenvalue weighted by atomic mass is 10.1. The number of carbonyl (C=O) groups excluding carboxylic acids is 1. The summed E-state index contributed by atoms with van der Waals surface area (Å²) in [5, 5.41) is 0.982. The van der Waals surface area contributed by atoms with E-state index in [1.54, 1.807) is 11.9 Å². The van der Waals surface area contributed by atoms with Crippen molar-refractivity contribution in [3.8, 4) is 5.75 Å². The van der Waals surface area contributed by atoms with Crippen molar-refractivity contribution in [1.29, 1.82) is 0 Å². The van der Waals surface area contributed by atoms with Gasteiger partial charge in [-0.25, -0.2) is 0 Å². The Labute approximate surface area is 141 Å². The molecule has 124 valence electrons. The highest BCUT2D eigenvalue weighted by atomic mass is 16.5. The van der Waals surface area contributed by atoms with Crippen molar-refractivity contribution in [3.05, 3.63) is 65.4 Å². The fraction of sp³-hybridized carbons (Fsp3) is 0.250. The van der Waals surface area contributed by atoms with Gasteiger partial charge in [-0.15, -0.1) is 0 Å². The fourth-order valence-electron chi connectivity index (χ4n) is 2.76. The lowest BCUT2D eigenvalue weighted by Crippen LogP contribution is -2.26. The second-order valence-corrected chi connectivity index (χ2v) is 5.79. The average Bonchev–Trinajstić information content (AvgIpc) is 2.93. The third kappa shape index (κ3) is 3.13. The number of aryl methyl sites for hydroxylation is 1. The number of carbonyl (C=O) groups is 1. The molecule has 4 nitrogen and oxygen atoms in total. The maximum atomic E-state index is 12.7. The van der Waals surface area contributed by atoms with Crippen molar-refractivity contribution in [1.82, 2.24) is 4.90 Å². The number of para-hydroxylation sites is 1. The first-order valence-electron chi connectivity index (χ1n) is 8.05. The lowest BCUT2D eigenvalue weighted by Gasteiger charge is -2.16. The van der Waals surface area contributed by atoms with E-state index in [0.717, 1.165) is 27.8 Å². The molecule has 1 heterocycles. The Bertz CT molecular complexity index is 849. The number of hydrogen-bond donors (Lipinski definition) is 0. The second kappa shape index (κ2) is 6.79. The minimum Gasteiger partial charge on any atom is -0.494 e. The van der Waals surface area contributed by atoms with Gasteiger partial charge in [-0.3, -0.25) is 4.79 Å². The van der Waals surface area contributed by atoms with Gasteiger partial charge in [0.2, 0.25) is 0 Å². The lowest BCUT2D eigenvalue weighted by molar-refractivity contribution is 0.0755. The smallest absolute Gasteiger partial charge is 0.289 e. The molecule has 0 radical (unpaired) electrons. The standard InChI is InChI=1S/C20H21NO3/c1-4-23-16-11-9-15(10-12-16)13-21(3)20(22)19-14(2)17-7-5-6-8-18(17)24-19/h5-12H,4,13H2,1-3H3. The van der Waals surface area contributed by atoms with Crippen LogP contribution in [0.3, 0.4) is 0 Å². The molecule has 0 aliphatic carbocycles. The van der Waals surface area contributed by atoms with E-state index in [1.807, 2.05) is 62.4 Å². The van der Waals surface area contributed by atoms with E-state index in [0.29, 0.717) is 18.9 Å². The van der Waals surface area contributed by atoms with Gasteiger partial charge in [0, 0.05) is 24.5 Å². The summed E-state index contributed by atoms with van der Waals surface area (Å²) in [5.41, 5.74) is 2.67. The van der Waals surface area contributed by atoms with Crippen molar-refractivity contribution in [3.63, 3.8) is 0 Å². The zero-order valence-corrected chi connectivity index (χ0v) is 14.2. The van der Waals surface area contributed by atoms with Gasteiger partial charge in [-0.1, -0.05) is 30.3 Å². The van der Waals surface area contributed by atoms with E-state index in [4.69, 9.17) is 9.15 Å². The molecule has 0 N–H and O–H groups in total. The molecule has 0 unspecified atom stereocenters. The Morgan fingerprint density at radius 3 is 2.50 bits per heavy atom. The van der Waals surface area contributed by atoms with Crippen LogP contribution in [0.25, 0.3) is 11.0 Å². The number of hydrogen-bond acceptors (Lipinski definition) is 3. The van der Waals surface area contributed by atoms with Crippen LogP contribution in [0.4, 0.5) is 0 Å². The van der Waals surface area contributed by atoms with Crippen LogP contribution in [0.2, 0.25) is 0 Å². The third-order valence-corrected chi connectivity index (χ3v) is 4.04. The zero-order chi connectivity index (χ0) is 17.1. The molecule has 2 aromatic carbocycles. The number of fused-ring (bicyclic) bond motifs is 1. The molecule has 0 aliphatic heterocycles. The number of furan rings is 1. The quantitative estimate of drug-likeness (QED) is 0.698. The highest BCUT2D eigenvalue weighted by molar-refractivity contribution is 5.98. The Hall–Kier alpha value is -2.75. The molecular weight excluding hydrogens is 302 g/mol. The maximum Gasteiger partial charge on any atom is 0.289 e. The molecule has 0 spiro atoms. The average molecular weight is 323 g/mol. The normalized spacial score (nSPS) is 10.8. The number of benzene rings is 2. The molecule has 0 saturated carbocycles. The monoisotopic (exact) mass is 323 g/mol. The van der Waals surface area contributed by atoms with Crippen LogP contribution in [-0.2, 0) is 6.54 Å². The first-order chi connectivity index (χ1) is 11.6. The van der Waals surface area contributed by atoms with Gasteiger partial charge in [0.15, 0.2) is 5.76 Å². The first kappa shape index (κ1) is 16.1. The molecule has 1 amide bonds. The SMILES string of the molecule is CCOc1ccc(CN(C)C(=O)c2oc3ccccc3c2C)cc1. The Morgan fingerprint density at radius 1 is 1.12 bits per heavy atom. The van der Waals surface area contributed by atoms with E-state index >= 15 is 0 Å². The summed E-state index contributed by atoms with van der Waals surface area (Å²) in [6.07, 6.45) is 0. The van der Waals surface area contributed by atoms with Gasteiger partial charge in [0.1, 0.15) is 11.3 Å². The molecule has 3 aromatic rings. The minimum absolute atomic E-state index is 0.113. The van der Waals surface area contributed by atoms with Gasteiger partial charge in [-0.2, -0.15) is 0 Å². The molecule has 24 heavy (non-hydrogen) atoms. The van der Waals surface area contributed by atoms with Crippen LogP contribution in [0.15, 0.2) is 52.9 Å². The summed E-state index contributed by atoms with van der Waals surface area (Å²) in [6, 6.07) is 15.5. The summed E-state index contributed by atoms with van der Waals surface area (Å²) in [6.45, 7) is 5.03. The van der Waals surface area contributed by atoms with E-state index < -0.39 is 0 Å². The Balaban J connectivity index is 1.77. The molecule has 4 heteroatoms. The number of amides is 1. The van der Waals surface area contributed by atoms with Crippen LogP contribution in [0, 0.1) is 6.92 Å². The predicted octanol–water partition coefficient (Wildman–Crippen LogP) is 4.41. The predicted molar refractivity (Wildman–Crippen MR) is 94.4 cm³/mol. The largest absolute Gasteiger partial charge is 0.494 e. The maximum absolute atomic E-state index is 12.7. The first-order valence-corrected chi connectivity index (χ1v) is 8.05. The van der Waals surface area contributed by atoms with E-state index in [2.05, 4.69) is 0 Å². The zero-order valence-electron chi connectivity index (χ0n) is 14.2. The third-order valence-electron chi connectivity index (χ3n) is 4.04. The highest BCUT2D eigenvalue weighted by Gasteiger charge is 2.20. The molecule has 0 aliphatic rings. The molecular formula is C20H21NO3. The molecule has 0 atom stereocenters. The van der Waals surface area contributed by atoms with E-state index in [1.165, 1.54) is 0 Å². The van der Waals surface area contributed by atoms with Gasteiger partial charge in [0.05, 0.1) is 6.61 Å². The molecule has 0 saturated heterocycles. The van der Waals surface area contributed by atoms with Crippen LogP contribution < -0.4 is 4.74 Å². The van der Waals surface area contributed by atoms with Crippen molar-refractivity contribution < 1.29 is 13.9 Å². The number of rotatable bonds is 5. The van der Waals surface area contributed by atoms with E-state index in [9.17, 15) is 4.79 Å². The van der Waals surface area contributed by atoms with Crippen LogP contribution >= 0.6 is 0 Å². The summed E-state index contributed by atoms with van der Waals surface area (Å²) >= 11 is 0. The van der Waals surface area contributed by atoms with Crippen molar-refractivity contribution in [2.45, 2.75) is 20.4 Å². The highest BCUT2D eigenvalue weighted by Crippen LogP contribution is 2.26. The van der Waals surface area contributed by atoms with Crippen molar-refractivity contribution >= 4 is 16.9 Å². The van der Waals surface area contributed by atoms with Crippen molar-refractivity contribution in [2.24, 2.45) is 0 Å². The second-order valence-electron chi connectivity index (χ2n) is 5.79. The van der Waals surface area contributed by atoms with Crippen LogP contribution in [0.5, 0.6) is 5.75 Å². The van der Waals surface area contributed by atoms with Crippen LogP contribution in [-0.4, -0.2) is 24.5 Å². The summed E-state index contributed by atoms with van der Waals surface area (Å²) < 4.78 is 11.2. The summed E-state index contributed by atoms with van der Waals surface area (Å²) in [5.74, 6) is 1.13. The Kier molecular flexibility index (Phi) is 4.56. The summed E-state index contributed by atoms with van der Waals surface area (Å²) in [7, 11) is 1.78. The van der Waals surface area contributed by atoms with Gasteiger partial charge >= 0.3 is 0 Å². The fourth-order valence-corrected chi connectivity index (χ4v) is 2.76. The summed E-state index contributed by atoms with van der Waals surface area (Å²) in [4.78, 5) is 14.4. The van der Waals surface area contributed by atoms with Gasteiger partial charge < -0.3 is 14.1 Å². The number of nitrogens with zero attached hydrogens (tertiary/aromatic N) is 1. The number of ether oxygens (including phenoxy) is 1. The van der Waals surface area contributed by atoms with Gasteiger partial charge in [0.25, 0.3) is 5.91 Å². The molecule has 1 aromatic heterocycles. The van der Waals surface area contributed by atoms with E-state index in [-0.39, 0.29) is 5.91 Å². The van der Waals surface area contributed by atoms with Crippen LogP contribution in [0.1, 0.15) is 28.6 Å². The molecule has 0 bridgehead atoms. The minimum atomic E-state index is -0.113. The Morgan fingerprint density at radius 2 is 1.83 bits per heavy atom. The molecule has 3 rings (SSSR count). The molecule has 0 fully saturated rings. The van der Waals surface area contributed by atoms with Crippen molar-refractivity contribution in [2.75, 3.05) is 13.7 Å². The van der Waals surface area contributed by atoms with Gasteiger partial charge in [-0.05, 0) is 37.6 Å².